The second-order valence-corrected chi connectivity index (χ2v) is 19.5. The van der Waals surface area contributed by atoms with E-state index in [2.05, 4.69) is 124 Å². The summed E-state index contributed by atoms with van der Waals surface area (Å²) in [5.74, 6) is 1.53. The van der Waals surface area contributed by atoms with Crippen molar-refractivity contribution in [2.75, 3.05) is 0 Å². The molecular weight excluding hydrogens is 986 g/mol. The van der Waals surface area contributed by atoms with Gasteiger partial charge in [-0.2, -0.15) is 24.9 Å². The van der Waals surface area contributed by atoms with Gasteiger partial charge in [0, 0.05) is 38.2 Å². The van der Waals surface area contributed by atoms with E-state index in [-0.39, 0.29) is 27.1 Å². The Morgan fingerprint density at radius 1 is 0.351 bits per heavy atom. The van der Waals surface area contributed by atoms with Gasteiger partial charge in [0.15, 0.2) is 17.5 Å². The highest BCUT2D eigenvalue weighted by molar-refractivity contribution is 6.62. The summed E-state index contributed by atoms with van der Waals surface area (Å²) in [5.41, 5.74) is 10.8. The second-order valence-electron chi connectivity index (χ2n) is 18.5. The molecule has 0 N–H and O–H groups in total. The van der Waals surface area contributed by atoms with E-state index in [0.717, 1.165) is 77.2 Å². The number of halogens is 3. The molecule has 10 nitrogen and oxygen atoms in total. The highest BCUT2D eigenvalue weighted by atomic mass is 35.5. The fourth-order valence-corrected chi connectivity index (χ4v) is 9.41. The lowest BCUT2D eigenvalue weighted by Gasteiger charge is -2.32. The number of rotatable bonds is 6. The molecule has 0 radical (unpaired) electrons. The Morgan fingerprint density at radius 2 is 0.743 bits per heavy atom. The molecule has 8 aromatic carbocycles. The number of benzene rings is 8. The van der Waals surface area contributed by atoms with E-state index in [1.807, 2.05) is 127 Å². The molecule has 0 bridgehead atoms. The van der Waals surface area contributed by atoms with Crippen LogP contribution in [0.2, 0.25) is 15.9 Å². The molecule has 13 rings (SSSR count). The lowest BCUT2D eigenvalue weighted by molar-refractivity contribution is 0.00578. The van der Waals surface area contributed by atoms with Crippen LogP contribution in [0.1, 0.15) is 27.7 Å². The monoisotopic (exact) mass is 1030 g/mol. The standard InChI is InChI=1S/C27H16ClN3O.C24H23BO3.C9H5Cl2N3/c28-27-30-25(18-10-5-2-6-11-18)29-26(31-27)19-14-15-21-23(16-19)32-22-13-7-12-20(24(21)22)17-8-3-1-4-9-17;1-23(2)24(3,4)28-25(27-23)17-13-14-19-21(15-17)26-20-12-8-11-18(22(19)20)16-9-6-5-7-10-16;10-8-12-7(13-9(11)14-8)6-4-2-1-3-5-6/h1-16H;5-15H,1-4H3;1-5H. The lowest BCUT2D eigenvalue weighted by atomic mass is 9.79. The Labute approximate surface area is 442 Å². The topological polar surface area (TPSA) is 122 Å². The SMILES string of the molecule is CC1(C)OB(c2ccc3c(c2)oc2cccc(-c4ccccc4)c23)OC1(C)C.Clc1nc(-c2ccccc2)nc(-c2ccc3c(c2)oc2cccc(-c4ccccc4)c23)n1.Clc1nc(Cl)nc(-c2ccccc2)n1. The minimum absolute atomic E-state index is 0.101. The number of aromatic nitrogens is 6. The number of hydrogen-bond donors (Lipinski definition) is 0. The van der Waals surface area contributed by atoms with Crippen molar-refractivity contribution in [3.63, 3.8) is 0 Å². The molecule has 5 heterocycles. The highest BCUT2D eigenvalue weighted by Crippen LogP contribution is 2.40. The molecule has 14 heteroatoms. The van der Waals surface area contributed by atoms with Crippen LogP contribution in [0.5, 0.6) is 0 Å². The van der Waals surface area contributed by atoms with Crippen molar-refractivity contribution >= 4 is 91.3 Å². The van der Waals surface area contributed by atoms with Crippen LogP contribution in [-0.2, 0) is 9.31 Å². The maximum absolute atomic E-state index is 6.24. The van der Waals surface area contributed by atoms with Gasteiger partial charge in [0.05, 0.1) is 11.2 Å². The Morgan fingerprint density at radius 3 is 1.22 bits per heavy atom. The first-order valence-electron chi connectivity index (χ1n) is 23.8. The summed E-state index contributed by atoms with van der Waals surface area (Å²) in [6, 6.07) is 64.6. The molecule has 4 aromatic heterocycles. The van der Waals surface area contributed by atoms with Crippen molar-refractivity contribution in [3.8, 4) is 56.4 Å². The molecule has 1 aliphatic rings. The average Bonchev–Trinajstić information content (AvgIpc) is 4.06. The molecule has 1 aliphatic heterocycles. The lowest BCUT2D eigenvalue weighted by Crippen LogP contribution is -2.41. The van der Waals surface area contributed by atoms with Gasteiger partial charge in [-0.3, -0.25) is 0 Å². The van der Waals surface area contributed by atoms with Gasteiger partial charge in [-0.15, -0.1) is 0 Å². The van der Waals surface area contributed by atoms with Crippen LogP contribution >= 0.6 is 34.8 Å². The zero-order chi connectivity index (χ0) is 51.0. The van der Waals surface area contributed by atoms with Gasteiger partial charge in [-0.1, -0.05) is 164 Å². The van der Waals surface area contributed by atoms with Gasteiger partial charge in [0.25, 0.3) is 0 Å². The molecule has 0 spiro atoms. The van der Waals surface area contributed by atoms with E-state index >= 15 is 0 Å². The minimum Gasteiger partial charge on any atom is -0.456 e. The number of nitrogens with zero attached hydrogens (tertiary/aromatic N) is 6. The maximum Gasteiger partial charge on any atom is 0.494 e. The Bertz CT molecular complexity index is 3940. The van der Waals surface area contributed by atoms with Crippen molar-refractivity contribution in [3.05, 3.63) is 210 Å². The van der Waals surface area contributed by atoms with Crippen molar-refractivity contribution < 1.29 is 18.1 Å². The maximum atomic E-state index is 6.24. The molecule has 0 amide bonds. The molecule has 0 unspecified atom stereocenters. The van der Waals surface area contributed by atoms with Crippen molar-refractivity contribution in [2.24, 2.45) is 0 Å². The van der Waals surface area contributed by atoms with Gasteiger partial charge >= 0.3 is 7.12 Å². The first kappa shape index (κ1) is 48.5. The van der Waals surface area contributed by atoms with Crippen LogP contribution in [0.4, 0.5) is 0 Å². The van der Waals surface area contributed by atoms with E-state index < -0.39 is 7.12 Å². The summed E-state index contributed by atoms with van der Waals surface area (Å²) >= 11 is 17.5. The summed E-state index contributed by atoms with van der Waals surface area (Å²) in [4.78, 5) is 24.9. The van der Waals surface area contributed by atoms with Gasteiger partial charge in [0.2, 0.25) is 15.9 Å². The number of fused-ring (bicyclic) bond motifs is 6. The van der Waals surface area contributed by atoms with Crippen LogP contribution in [0.15, 0.2) is 203 Å². The third kappa shape index (κ3) is 9.88. The second kappa shape index (κ2) is 20.3. The normalized spacial score (nSPS) is 13.7. The smallest absolute Gasteiger partial charge is 0.456 e. The van der Waals surface area contributed by atoms with Gasteiger partial charge in [-0.25, -0.2) is 4.98 Å². The highest BCUT2D eigenvalue weighted by Gasteiger charge is 2.51. The third-order valence-electron chi connectivity index (χ3n) is 13.2. The predicted molar refractivity (Wildman–Crippen MR) is 299 cm³/mol. The third-order valence-corrected chi connectivity index (χ3v) is 13.7. The van der Waals surface area contributed by atoms with E-state index in [0.29, 0.717) is 17.5 Å². The van der Waals surface area contributed by atoms with Crippen LogP contribution in [0.25, 0.3) is 100 Å². The predicted octanol–water partition coefficient (Wildman–Crippen LogP) is 15.8. The van der Waals surface area contributed by atoms with E-state index in [1.165, 1.54) is 11.1 Å². The van der Waals surface area contributed by atoms with E-state index in [9.17, 15) is 0 Å². The quantitative estimate of drug-likeness (QED) is 0.149. The Kier molecular flexibility index (Phi) is 13.3. The minimum atomic E-state index is -0.392. The summed E-state index contributed by atoms with van der Waals surface area (Å²) < 4.78 is 24.8. The first-order chi connectivity index (χ1) is 35.9. The molecule has 1 saturated heterocycles. The summed E-state index contributed by atoms with van der Waals surface area (Å²) in [7, 11) is -0.392. The molecule has 0 saturated carbocycles. The fourth-order valence-electron chi connectivity index (χ4n) is 8.89. The Balaban J connectivity index is 0.000000128. The summed E-state index contributed by atoms with van der Waals surface area (Å²) in [6.45, 7) is 8.27. The van der Waals surface area contributed by atoms with Crippen LogP contribution < -0.4 is 5.46 Å². The summed E-state index contributed by atoms with van der Waals surface area (Å²) in [6.07, 6.45) is 0. The molecule has 74 heavy (non-hydrogen) atoms. The van der Waals surface area contributed by atoms with Crippen LogP contribution in [0.3, 0.4) is 0 Å². The molecule has 0 aliphatic carbocycles. The number of furan rings is 2. The molecule has 362 valence electrons. The molecular formula is C60H44BCl3N6O4. The zero-order valence-corrected chi connectivity index (χ0v) is 42.8. The van der Waals surface area contributed by atoms with Crippen molar-refractivity contribution in [1.29, 1.82) is 0 Å². The van der Waals surface area contributed by atoms with E-state index in [1.54, 1.807) is 0 Å². The van der Waals surface area contributed by atoms with Gasteiger partial charge in [0.1, 0.15) is 22.3 Å². The first-order valence-corrected chi connectivity index (χ1v) is 25.0. The average molecular weight is 1030 g/mol. The van der Waals surface area contributed by atoms with Crippen molar-refractivity contribution in [2.45, 2.75) is 38.9 Å². The molecule has 12 aromatic rings. The van der Waals surface area contributed by atoms with E-state index in [4.69, 9.17) is 52.9 Å². The number of hydrogen-bond acceptors (Lipinski definition) is 10. The van der Waals surface area contributed by atoms with Crippen LogP contribution in [0, 0.1) is 0 Å². The molecule has 1 fully saturated rings. The Hall–Kier alpha value is -7.77. The summed E-state index contributed by atoms with van der Waals surface area (Å²) in [5, 5.41) is 4.75. The fraction of sp³-hybridized carbons (Fsp3) is 0.100. The molecule has 0 atom stereocenters. The zero-order valence-electron chi connectivity index (χ0n) is 40.5. The van der Waals surface area contributed by atoms with Crippen molar-refractivity contribution in [1.82, 2.24) is 29.9 Å². The largest absolute Gasteiger partial charge is 0.494 e. The van der Waals surface area contributed by atoms with Gasteiger partial charge < -0.3 is 18.1 Å². The van der Waals surface area contributed by atoms with Crippen LogP contribution in [-0.4, -0.2) is 48.2 Å². The van der Waals surface area contributed by atoms with Gasteiger partial charge in [-0.05, 0) is 121 Å².